The number of rotatable bonds is 11. The molecule has 1 atom stereocenters. The summed E-state index contributed by atoms with van der Waals surface area (Å²) in [6.07, 6.45) is 1.24. The van der Waals surface area contributed by atoms with Crippen LogP contribution in [0.4, 0.5) is 0 Å². The lowest BCUT2D eigenvalue weighted by atomic mass is 10.0. The number of aryl methyl sites for hydroxylation is 1. The Balaban J connectivity index is 1.89. The predicted octanol–water partition coefficient (Wildman–Crippen LogP) is 5.30. The molecule has 0 saturated heterocycles. The van der Waals surface area contributed by atoms with Crippen LogP contribution in [0.5, 0.6) is 5.75 Å². The first-order chi connectivity index (χ1) is 16.5. The van der Waals surface area contributed by atoms with Gasteiger partial charge in [0.15, 0.2) is 6.61 Å². The third kappa shape index (κ3) is 7.45. The van der Waals surface area contributed by atoms with E-state index in [-0.39, 0.29) is 18.4 Å². The summed E-state index contributed by atoms with van der Waals surface area (Å²) in [6, 6.07) is 24.5. The fourth-order valence-corrected chi connectivity index (χ4v) is 3.91. The monoisotopic (exact) mass is 522 g/mol. The molecule has 1 N–H and O–H groups in total. The van der Waals surface area contributed by atoms with Gasteiger partial charge in [-0.1, -0.05) is 83.5 Å². The lowest BCUT2D eigenvalue weighted by Gasteiger charge is -2.31. The molecule has 0 aliphatic heterocycles. The Hall–Kier alpha value is -3.12. The Morgan fingerprint density at radius 2 is 1.62 bits per heavy atom. The van der Waals surface area contributed by atoms with Gasteiger partial charge in [0.2, 0.25) is 5.91 Å². The zero-order chi connectivity index (χ0) is 24.3. The molecule has 0 aliphatic rings. The van der Waals surface area contributed by atoms with Crippen molar-refractivity contribution in [3.05, 3.63) is 100 Å². The third-order valence-electron chi connectivity index (χ3n) is 5.53. The minimum absolute atomic E-state index is 0.145. The quantitative estimate of drug-likeness (QED) is 0.371. The van der Waals surface area contributed by atoms with E-state index in [0.717, 1.165) is 27.6 Å². The van der Waals surface area contributed by atoms with E-state index in [1.807, 2.05) is 92.7 Å². The highest BCUT2D eigenvalue weighted by molar-refractivity contribution is 9.10. The Bertz CT molecular complexity index is 1070. The average Bonchev–Trinajstić information content (AvgIpc) is 2.85. The summed E-state index contributed by atoms with van der Waals surface area (Å²) in [7, 11) is 0. The molecule has 0 radical (unpaired) electrons. The van der Waals surface area contributed by atoms with Crippen LogP contribution in [-0.4, -0.2) is 35.9 Å². The lowest BCUT2D eigenvalue weighted by Crippen LogP contribution is -2.51. The predicted molar refractivity (Wildman–Crippen MR) is 139 cm³/mol. The molecule has 0 aliphatic carbocycles. The van der Waals surface area contributed by atoms with Crippen molar-refractivity contribution >= 4 is 27.7 Å². The molecule has 0 heterocycles. The van der Waals surface area contributed by atoms with Crippen molar-refractivity contribution < 1.29 is 14.3 Å². The summed E-state index contributed by atoms with van der Waals surface area (Å²) in [4.78, 5) is 28.4. The maximum Gasteiger partial charge on any atom is 0.261 e. The van der Waals surface area contributed by atoms with Crippen LogP contribution in [0.2, 0.25) is 0 Å². The van der Waals surface area contributed by atoms with E-state index in [1.54, 1.807) is 4.90 Å². The topological polar surface area (TPSA) is 58.6 Å². The Kier molecular flexibility index (Phi) is 9.71. The number of para-hydroxylation sites is 1. The molecule has 0 aromatic heterocycles. The number of carbonyl (C=O) groups is 2. The van der Waals surface area contributed by atoms with Crippen LogP contribution in [-0.2, 0) is 22.6 Å². The molecule has 3 aromatic carbocycles. The van der Waals surface area contributed by atoms with Gasteiger partial charge in [0.25, 0.3) is 5.91 Å². The first kappa shape index (κ1) is 25.5. The van der Waals surface area contributed by atoms with Gasteiger partial charge < -0.3 is 15.0 Å². The number of carbonyl (C=O) groups excluding carboxylic acids is 2. The van der Waals surface area contributed by atoms with E-state index in [2.05, 4.69) is 21.2 Å². The van der Waals surface area contributed by atoms with Gasteiger partial charge in [0.1, 0.15) is 11.8 Å². The maximum atomic E-state index is 13.5. The van der Waals surface area contributed by atoms with Crippen molar-refractivity contribution in [3.63, 3.8) is 0 Å². The first-order valence-corrected chi connectivity index (χ1v) is 12.3. The molecule has 178 valence electrons. The van der Waals surface area contributed by atoms with Gasteiger partial charge in [0, 0.05) is 24.0 Å². The van der Waals surface area contributed by atoms with Crippen molar-refractivity contribution in [2.75, 3.05) is 13.2 Å². The molecule has 0 spiro atoms. The second kappa shape index (κ2) is 12.9. The normalized spacial score (nSPS) is 11.5. The molecular formula is C28H31BrN2O3. The maximum absolute atomic E-state index is 13.5. The van der Waals surface area contributed by atoms with Gasteiger partial charge in [-0.2, -0.15) is 0 Å². The summed E-state index contributed by atoms with van der Waals surface area (Å²) >= 11 is 3.46. The standard InChI is InChI=1S/C28H31BrN2O3/c1-3-17-30-28(33)25(18-22-10-5-4-6-11-22)31(19-23-13-15-24(29)16-14-23)27(32)20-34-26-12-8-7-9-21(26)2/h4-16,25H,3,17-20H2,1-2H3,(H,30,33)/t25-/m0/s1. The highest BCUT2D eigenvalue weighted by atomic mass is 79.9. The zero-order valence-electron chi connectivity index (χ0n) is 19.7. The fraction of sp³-hybridized carbons (Fsp3) is 0.286. The van der Waals surface area contributed by atoms with Gasteiger partial charge in [-0.3, -0.25) is 9.59 Å². The fourth-order valence-electron chi connectivity index (χ4n) is 3.65. The number of nitrogens with zero attached hydrogens (tertiary/aromatic N) is 1. The number of halogens is 1. The number of amides is 2. The van der Waals surface area contributed by atoms with E-state index in [9.17, 15) is 9.59 Å². The van der Waals surface area contributed by atoms with Crippen molar-refractivity contribution in [2.24, 2.45) is 0 Å². The molecule has 0 saturated carbocycles. The highest BCUT2D eigenvalue weighted by Crippen LogP contribution is 2.19. The molecule has 3 rings (SSSR count). The van der Waals surface area contributed by atoms with Gasteiger partial charge in [-0.05, 0) is 48.2 Å². The second-order valence-corrected chi connectivity index (χ2v) is 9.11. The van der Waals surface area contributed by atoms with Crippen LogP contribution in [0.3, 0.4) is 0 Å². The number of ether oxygens (including phenoxy) is 1. The van der Waals surface area contributed by atoms with Crippen LogP contribution >= 0.6 is 15.9 Å². The molecule has 6 heteroatoms. The van der Waals surface area contributed by atoms with E-state index < -0.39 is 6.04 Å². The summed E-state index contributed by atoms with van der Waals surface area (Å²) < 4.78 is 6.82. The Morgan fingerprint density at radius 1 is 0.941 bits per heavy atom. The molecule has 34 heavy (non-hydrogen) atoms. The molecule has 5 nitrogen and oxygen atoms in total. The van der Waals surface area contributed by atoms with Crippen LogP contribution in [0.25, 0.3) is 0 Å². The molecule has 0 bridgehead atoms. The van der Waals surface area contributed by atoms with Crippen molar-refractivity contribution in [2.45, 2.75) is 39.3 Å². The summed E-state index contributed by atoms with van der Waals surface area (Å²) in [5, 5.41) is 2.98. The number of benzene rings is 3. The van der Waals surface area contributed by atoms with E-state index in [0.29, 0.717) is 25.3 Å². The van der Waals surface area contributed by atoms with Crippen molar-refractivity contribution in [1.82, 2.24) is 10.2 Å². The first-order valence-electron chi connectivity index (χ1n) is 11.5. The van der Waals surface area contributed by atoms with Crippen molar-refractivity contribution in [1.29, 1.82) is 0 Å². The minimum Gasteiger partial charge on any atom is -0.484 e. The van der Waals surface area contributed by atoms with E-state index in [1.165, 1.54) is 0 Å². The Morgan fingerprint density at radius 3 is 2.29 bits per heavy atom. The van der Waals surface area contributed by atoms with Gasteiger partial charge in [-0.25, -0.2) is 0 Å². The number of nitrogens with one attached hydrogen (secondary N) is 1. The highest BCUT2D eigenvalue weighted by Gasteiger charge is 2.30. The molecular weight excluding hydrogens is 492 g/mol. The largest absolute Gasteiger partial charge is 0.484 e. The second-order valence-electron chi connectivity index (χ2n) is 8.20. The van der Waals surface area contributed by atoms with Crippen LogP contribution in [0.1, 0.15) is 30.0 Å². The van der Waals surface area contributed by atoms with Gasteiger partial charge in [-0.15, -0.1) is 0 Å². The average molecular weight is 523 g/mol. The smallest absolute Gasteiger partial charge is 0.261 e. The summed E-state index contributed by atoms with van der Waals surface area (Å²) in [5.74, 6) is 0.264. The van der Waals surface area contributed by atoms with Crippen LogP contribution < -0.4 is 10.1 Å². The Labute approximate surface area is 210 Å². The lowest BCUT2D eigenvalue weighted by molar-refractivity contribution is -0.142. The molecule has 3 aromatic rings. The SMILES string of the molecule is CCCNC(=O)[C@H](Cc1ccccc1)N(Cc1ccc(Br)cc1)C(=O)COc1ccccc1C. The summed E-state index contributed by atoms with van der Waals surface area (Å²) in [5.41, 5.74) is 2.89. The van der Waals surface area contributed by atoms with Crippen LogP contribution in [0.15, 0.2) is 83.3 Å². The van der Waals surface area contributed by atoms with Gasteiger partial charge >= 0.3 is 0 Å². The number of hydrogen-bond acceptors (Lipinski definition) is 3. The van der Waals surface area contributed by atoms with Crippen molar-refractivity contribution in [3.8, 4) is 5.75 Å². The zero-order valence-corrected chi connectivity index (χ0v) is 21.3. The third-order valence-corrected chi connectivity index (χ3v) is 6.06. The number of hydrogen-bond donors (Lipinski definition) is 1. The minimum atomic E-state index is -0.662. The molecule has 0 fully saturated rings. The van der Waals surface area contributed by atoms with E-state index >= 15 is 0 Å². The van der Waals surface area contributed by atoms with E-state index in [4.69, 9.17) is 4.74 Å². The summed E-state index contributed by atoms with van der Waals surface area (Å²) in [6.45, 7) is 4.67. The van der Waals surface area contributed by atoms with Crippen LogP contribution in [0, 0.1) is 6.92 Å². The van der Waals surface area contributed by atoms with Gasteiger partial charge in [0.05, 0.1) is 0 Å². The molecule has 0 unspecified atom stereocenters. The molecule has 2 amide bonds.